The molecule has 1 aromatic carbocycles. The van der Waals surface area contributed by atoms with Gasteiger partial charge in [-0.05, 0) is 50.4 Å². The monoisotopic (exact) mass is 370 g/mol. The number of nitrogens with one attached hydrogen (secondary N) is 1. The molecular weight excluding hydrogens is 343 g/mol. The number of aromatic nitrogens is 1. The molecule has 0 saturated carbocycles. The number of nitrogens with zero attached hydrogens (tertiary/aromatic N) is 3. The number of carbonyl (C=O) groups excluding carboxylic acids is 1. The largest absolute Gasteiger partial charge is 0.348 e. The molecule has 2 aromatic rings. The number of rotatable bonds is 2. The van der Waals surface area contributed by atoms with Crippen molar-refractivity contribution in [1.29, 1.82) is 0 Å². The number of carbonyl (C=O) groups is 1. The van der Waals surface area contributed by atoms with E-state index in [2.05, 4.69) is 14.8 Å². The van der Waals surface area contributed by atoms with Crippen LogP contribution < -0.4 is 0 Å². The fraction of sp³-hybridized carbons (Fsp3) is 0.571. The molecule has 0 unspecified atom stereocenters. The Hall–Kier alpha value is -1.92. The molecule has 6 rings (SSSR count). The number of halogens is 1. The van der Waals surface area contributed by atoms with Crippen LogP contribution in [0.1, 0.15) is 28.9 Å². The fourth-order valence-corrected chi connectivity index (χ4v) is 5.29. The van der Waals surface area contributed by atoms with E-state index in [4.69, 9.17) is 0 Å². The van der Waals surface area contributed by atoms with Crippen LogP contribution in [0.25, 0.3) is 10.9 Å². The molecule has 4 aliphatic heterocycles. The molecule has 4 fully saturated rings. The van der Waals surface area contributed by atoms with Gasteiger partial charge in [-0.3, -0.25) is 9.69 Å². The van der Waals surface area contributed by atoms with Gasteiger partial charge in [-0.2, -0.15) is 0 Å². The van der Waals surface area contributed by atoms with E-state index in [1.165, 1.54) is 38.5 Å². The smallest absolute Gasteiger partial charge is 0.270 e. The Morgan fingerprint density at radius 3 is 2.48 bits per heavy atom. The highest BCUT2D eigenvalue weighted by Gasteiger charge is 2.38. The van der Waals surface area contributed by atoms with E-state index in [-0.39, 0.29) is 11.7 Å². The lowest BCUT2D eigenvalue weighted by molar-refractivity contribution is -0.0131. The van der Waals surface area contributed by atoms with Crippen LogP contribution in [0.3, 0.4) is 0 Å². The molecule has 1 atom stereocenters. The third-order valence-corrected chi connectivity index (χ3v) is 6.95. The first-order valence-corrected chi connectivity index (χ1v) is 10.1. The number of aryl methyl sites for hydroxylation is 1. The Labute approximate surface area is 159 Å². The first-order chi connectivity index (χ1) is 13.1. The summed E-state index contributed by atoms with van der Waals surface area (Å²) in [6.07, 6.45) is 2.65. The second-order valence-corrected chi connectivity index (χ2v) is 8.32. The predicted octanol–water partition coefficient (Wildman–Crippen LogP) is 2.47. The van der Waals surface area contributed by atoms with Gasteiger partial charge in [-0.25, -0.2) is 4.39 Å². The molecule has 1 aromatic heterocycles. The molecule has 144 valence electrons. The van der Waals surface area contributed by atoms with Gasteiger partial charge in [0.05, 0.1) is 5.52 Å². The van der Waals surface area contributed by atoms with Crippen molar-refractivity contribution in [2.45, 2.75) is 25.8 Å². The van der Waals surface area contributed by atoms with Crippen molar-refractivity contribution in [3.8, 4) is 0 Å². The van der Waals surface area contributed by atoms with Gasteiger partial charge >= 0.3 is 0 Å². The summed E-state index contributed by atoms with van der Waals surface area (Å²) >= 11 is 0. The molecule has 6 heteroatoms. The highest BCUT2D eigenvalue weighted by atomic mass is 19.1. The number of hydrogen-bond donors (Lipinski definition) is 1. The number of benzene rings is 1. The second-order valence-electron chi connectivity index (χ2n) is 8.32. The first-order valence-electron chi connectivity index (χ1n) is 10.1. The maximum atomic E-state index is 14.0. The first kappa shape index (κ1) is 17.2. The van der Waals surface area contributed by atoms with Gasteiger partial charge in [0, 0.05) is 44.2 Å². The zero-order valence-electron chi connectivity index (χ0n) is 15.9. The van der Waals surface area contributed by atoms with E-state index in [1.807, 2.05) is 17.9 Å². The van der Waals surface area contributed by atoms with Crippen molar-refractivity contribution in [3.63, 3.8) is 0 Å². The van der Waals surface area contributed by atoms with Crippen molar-refractivity contribution < 1.29 is 9.18 Å². The zero-order chi connectivity index (χ0) is 18.5. The van der Waals surface area contributed by atoms with Crippen LogP contribution in [0.4, 0.5) is 4.39 Å². The molecule has 2 bridgehead atoms. The van der Waals surface area contributed by atoms with Crippen molar-refractivity contribution in [3.05, 3.63) is 35.3 Å². The highest BCUT2D eigenvalue weighted by molar-refractivity contribution is 6.01. The molecule has 5 nitrogen and oxygen atoms in total. The van der Waals surface area contributed by atoms with Gasteiger partial charge in [0.1, 0.15) is 11.5 Å². The van der Waals surface area contributed by atoms with E-state index in [9.17, 15) is 9.18 Å². The summed E-state index contributed by atoms with van der Waals surface area (Å²) in [6.45, 7) is 8.99. The molecular formula is C21H27FN4O. The Morgan fingerprint density at radius 2 is 1.85 bits per heavy atom. The zero-order valence-corrected chi connectivity index (χ0v) is 15.9. The number of fused-ring (bicyclic) bond motifs is 4. The lowest BCUT2D eigenvalue weighted by atomic mass is 9.83. The standard InChI is InChI=1S/C21H27FN4O/c1-14-16-3-2-4-17(22)20(16)23-19(14)21(27)26-11-9-25(10-12-26)18-13-24-7-5-15(18)6-8-24/h2-4,15,18,23H,5-13H2,1H3/t18-/m0/s1. The normalized spacial score (nSPS) is 28.8. The fourth-order valence-electron chi connectivity index (χ4n) is 5.29. The summed E-state index contributed by atoms with van der Waals surface area (Å²) in [5.41, 5.74) is 1.81. The lowest BCUT2D eigenvalue weighted by Gasteiger charge is -2.51. The van der Waals surface area contributed by atoms with Crippen LogP contribution in [0.5, 0.6) is 0 Å². The van der Waals surface area contributed by atoms with Gasteiger partial charge < -0.3 is 14.8 Å². The number of para-hydroxylation sites is 1. The molecule has 0 aliphatic carbocycles. The predicted molar refractivity (Wildman–Crippen MR) is 103 cm³/mol. The average molecular weight is 370 g/mol. The lowest BCUT2D eigenvalue weighted by Crippen LogP contribution is -2.61. The van der Waals surface area contributed by atoms with Gasteiger partial charge in [0.15, 0.2) is 0 Å². The van der Waals surface area contributed by atoms with Crippen LogP contribution in [-0.2, 0) is 0 Å². The molecule has 4 saturated heterocycles. The van der Waals surface area contributed by atoms with E-state index >= 15 is 0 Å². The van der Waals surface area contributed by atoms with E-state index < -0.39 is 0 Å². The molecule has 1 amide bonds. The molecule has 0 spiro atoms. The number of H-pyrrole nitrogens is 1. The van der Waals surface area contributed by atoms with Crippen molar-refractivity contribution in [2.24, 2.45) is 5.92 Å². The van der Waals surface area contributed by atoms with Crippen LogP contribution in [0.15, 0.2) is 18.2 Å². The van der Waals surface area contributed by atoms with E-state index in [0.29, 0.717) is 17.3 Å². The summed E-state index contributed by atoms with van der Waals surface area (Å²) in [5.74, 6) is 0.523. The summed E-state index contributed by atoms with van der Waals surface area (Å²) < 4.78 is 14.0. The minimum absolute atomic E-state index is 0.00309. The van der Waals surface area contributed by atoms with Crippen molar-refractivity contribution in [2.75, 3.05) is 45.8 Å². The Balaban J connectivity index is 1.29. The van der Waals surface area contributed by atoms with Crippen molar-refractivity contribution in [1.82, 2.24) is 19.7 Å². The van der Waals surface area contributed by atoms with Crippen LogP contribution in [0, 0.1) is 18.7 Å². The van der Waals surface area contributed by atoms with Gasteiger partial charge in [-0.15, -0.1) is 0 Å². The Morgan fingerprint density at radius 1 is 1.11 bits per heavy atom. The third kappa shape index (κ3) is 2.86. The maximum Gasteiger partial charge on any atom is 0.270 e. The number of piperazine rings is 1. The summed E-state index contributed by atoms with van der Waals surface area (Å²) in [7, 11) is 0. The highest BCUT2D eigenvalue weighted by Crippen LogP contribution is 2.31. The number of amides is 1. The van der Waals surface area contributed by atoms with Gasteiger partial charge in [-0.1, -0.05) is 12.1 Å². The third-order valence-electron chi connectivity index (χ3n) is 6.95. The number of aromatic amines is 1. The van der Waals surface area contributed by atoms with Crippen molar-refractivity contribution >= 4 is 16.8 Å². The average Bonchev–Trinajstić information content (AvgIpc) is 3.06. The number of piperidine rings is 3. The SMILES string of the molecule is Cc1c(C(=O)N2CCN([C@H]3CN4CCC3CC4)CC2)[nH]c2c(F)cccc12. The Bertz CT molecular complexity index is 862. The van der Waals surface area contributed by atoms with E-state index in [1.54, 1.807) is 6.07 Å². The summed E-state index contributed by atoms with van der Waals surface area (Å²) in [6, 6.07) is 5.65. The molecule has 4 aliphatic rings. The van der Waals surface area contributed by atoms with Crippen LogP contribution >= 0.6 is 0 Å². The van der Waals surface area contributed by atoms with E-state index in [0.717, 1.165) is 43.0 Å². The summed E-state index contributed by atoms with van der Waals surface area (Å²) in [4.78, 5) is 23.2. The van der Waals surface area contributed by atoms with Gasteiger partial charge in [0.25, 0.3) is 5.91 Å². The quantitative estimate of drug-likeness (QED) is 0.883. The van der Waals surface area contributed by atoms with Gasteiger partial charge in [0.2, 0.25) is 0 Å². The Kier molecular flexibility index (Phi) is 4.20. The molecule has 5 heterocycles. The topological polar surface area (TPSA) is 42.6 Å². The maximum absolute atomic E-state index is 14.0. The molecule has 0 radical (unpaired) electrons. The minimum Gasteiger partial charge on any atom is -0.348 e. The van der Waals surface area contributed by atoms with Crippen LogP contribution in [0.2, 0.25) is 0 Å². The molecule has 27 heavy (non-hydrogen) atoms. The minimum atomic E-state index is -0.304. The second kappa shape index (κ2) is 6.60. The molecule has 1 N–H and O–H groups in total. The van der Waals surface area contributed by atoms with Crippen LogP contribution in [-0.4, -0.2) is 77.4 Å². The summed E-state index contributed by atoms with van der Waals surface area (Å²) in [5, 5.41) is 0.796. The number of hydrogen-bond acceptors (Lipinski definition) is 3.